The van der Waals surface area contributed by atoms with Crippen molar-refractivity contribution < 1.29 is 24.5 Å². The molecule has 23 heavy (non-hydrogen) atoms. The van der Waals surface area contributed by atoms with Crippen molar-refractivity contribution in [2.24, 2.45) is 0 Å². The van der Waals surface area contributed by atoms with E-state index in [9.17, 15) is 9.59 Å². The Morgan fingerprint density at radius 2 is 1.74 bits per heavy atom. The maximum absolute atomic E-state index is 12.1. The highest BCUT2D eigenvalue weighted by Gasteiger charge is 2.11. The van der Waals surface area contributed by atoms with Crippen LogP contribution in [0.15, 0.2) is 24.3 Å². The third kappa shape index (κ3) is 8.21. The van der Waals surface area contributed by atoms with E-state index in [1.54, 1.807) is 24.3 Å². The summed E-state index contributed by atoms with van der Waals surface area (Å²) in [5, 5.41) is 20.2. The highest BCUT2D eigenvalue weighted by Crippen LogP contribution is 2.17. The van der Waals surface area contributed by atoms with Crippen LogP contribution in [0.4, 0.5) is 0 Å². The predicted molar refractivity (Wildman–Crippen MR) is 86.7 cm³/mol. The molecular formula is C17H25NO5. The first kappa shape index (κ1) is 19.0. The molecule has 0 aliphatic rings. The number of benzene rings is 1. The van der Waals surface area contributed by atoms with Crippen LogP contribution in [0.25, 0.3) is 0 Å². The van der Waals surface area contributed by atoms with Gasteiger partial charge in [-0.3, -0.25) is 9.59 Å². The lowest BCUT2D eigenvalue weighted by Crippen LogP contribution is -2.25. The highest BCUT2D eigenvalue weighted by molar-refractivity contribution is 5.96. The summed E-state index contributed by atoms with van der Waals surface area (Å²) in [5.74, 6) is -0.475. The van der Waals surface area contributed by atoms with Crippen LogP contribution in [-0.4, -0.2) is 41.8 Å². The van der Waals surface area contributed by atoms with Crippen molar-refractivity contribution in [3.05, 3.63) is 29.8 Å². The number of aliphatic hydroxyl groups excluding tert-OH is 1. The Morgan fingerprint density at radius 1 is 1.04 bits per heavy atom. The van der Waals surface area contributed by atoms with Crippen molar-refractivity contribution in [2.45, 2.75) is 38.5 Å². The van der Waals surface area contributed by atoms with Crippen LogP contribution in [0, 0.1) is 0 Å². The van der Waals surface area contributed by atoms with Crippen LogP contribution in [0.2, 0.25) is 0 Å². The molecule has 0 aliphatic carbocycles. The fraction of sp³-hybridized carbons (Fsp3) is 0.529. The summed E-state index contributed by atoms with van der Waals surface area (Å²) in [4.78, 5) is 22.5. The normalized spacial score (nSPS) is 10.3. The molecular weight excluding hydrogens is 298 g/mol. The van der Waals surface area contributed by atoms with Gasteiger partial charge in [0.2, 0.25) is 0 Å². The number of para-hydroxylation sites is 1. The maximum atomic E-state index is 12.1. The second kappa shape index (κ2) is 11.5. The summed E-state index contributed by atoms with van der Waals surface area (Å²) in [5.41, 5.74) is 0.461. The SMILES string of the molecule is O=C(O)CCCCCCCNC(=O)c1ccccc1OCCO. The van der Waals surface area contributed by atoms with Gasteiger partial charge < -0.3 is 20.3 Å². The number of aliphatic carboxylic acids is 1. The molecule has 0 spiro atoms. The average molecular weight is 323 g/mol. The lowest BCUT2D eigenvalue weighted by molar-refractivity contribution is -0.137. The van der Waals surface area contributed by atoms with Gasteiger partial charge in [0, 0.05) is 13.0 Å². The van der Waals surface area contributed by atoms with E-state index in [2.05, 4.69) is 5.32 Å². The van der Waals surface area contributed by atoms with Crippen LogP contribution < -0.4 is 10.1 Å². The molecule has 3 N–H and O–H groups in total. The van der Waals surface area contributed by atoms with Gasteiger partial charge in [-0.15, -0.1) is 0 Å². The third-order valence-corrected chi connectivity index (χ3v) is 3.33. The molecule has 1 aromatic rings. The summed E-state index contributed by atoms with van der Waals surface area (Å²) in [7, 11) is 0. The van der Waals surface area contributed by atoms with Crippen molar-refractivity contribution in [3.8, 4) is 5.75 Å². The molecule has 128 valence electrons. The van der Waals surface area contributed by atoms with E-state index in [1.807, 2.05) is 0 Å². The van der Waals surface area contributed by atoms with Crippen LogP contribution in [-0.2, 0) is 4.79 Å². The molecule has 0 saturated heterocycles. The molecule has 6 nitrogen and oxygen atoms in total. The van der Waals surface area contributed by atoms with Crippen molar-refractivity contribution in [3.63, 3.8) is 0 Å². The summed E-state index contributed by atoms with van der Waals surface area (Å²) in [6, 6.07) is 6.94. The number of unbranched alkanes of at least 4 members (excludes halogenated alkanes) is 4. The minimum Gasteiger partial charge on any atom is -0.490 e. The zero-order chi connectivity index (χ0) is 16.9. The quantitative estimate of drug-likeness (QED) is 0.513. The molecule has 6 heteroatoms. The fourth-order valence-corrected chi connectivity index (χ4v) is 2.16. The third-order valence-electron chi connectivity index (χ3n) is 3.33. The number of carbonyl (C=O) groups excluding carboxylic acids is 1. The Hall–Kier alpha value is -2.08. The molecule has 0 saturated carbocycles. The number of aliphatic hydroxyl groups is 1. The lowest BCUT2D eigenvalue weighted by atomic mass is 10.1. The highest BCUT2D eigenvalue weighted by atomic mass is 16.5. The van der Waals surface area contributed by atoms with Crippen molar-refractivity contribution in [1.82, 2.24) is 5.32 Å². The smallest absolute Gasteiger partial charge is 0.303 e. The van der Waals surface area contributed by atoms with Gasteiger partial charge >= 0.3 is 5.97 Å². The van der Waals surface area contributed by atoms with Gasteiger partial charge in [0.25, 0.3) is 5.91 Å². The maximum Gasteiger partial charge on any atom is 0.303 e. The minimum atomic E-state index is -0.751. The first-order valence-electron chi connectivity index (χ1n) is 7.98. The molecule has 0 bridgehead atoms. The standard InChI is InChI=1S/C17H25NO5/c19-12-13-23-15-9-6-5-8-14(15)17(22)18-11-7-3-1-2-4-10-16(20)21/h5-6,8-9,19H,1-4,7,10-13H2,(H,18,22)(H,20,21). The number of carboxylic acid groups (broad SMARTS) is 1. The number of carboxylic acids is 1. The van der Waals surface area contributed by atoms with Crippen LogP contribution >= 0.6 is 0 Å². The van der Waals surface area contributed by atoms with Crippen molar-refractivity contribution in [1.29, 1.82) is 0 Å². The van der Waals surface area contributed by atoms with Crippen LogP contribution in [0.3, 0.4) is 0 Å². The number of rotatable bonds is 12. The summed E-state index contributed by atoms with van der Waals surface area (Å²) < 4.78 is 5.34. The van der Waals surface area contributed by atoms with Gasteiger partial charge in [-0.05, 0) is 25.0 Å². The Kier molecular flexibility index (Phi) is 9.47. The van der Waals surface area contributed by atoms with E-state index in [0.717, 1.165) is 25.7 Å². The number of hydrogen-bond donors (Lipinski definition) is 3. The Bertz CT molecular complexity index is 490. The lowest BCUT2D eigenvalue weighted by Gasteiger charge is -2.10. The molecule has 0 atom stereocenters. The first-order valence-corrected chi connectivity index (χ1v) is 7.98. The van der Waals surface area contributed by atoms with Gasteiger partial charge in [0.15, 0.2) is 0 Å². The van der Waals surface area contributed by atoms with Crippen LogP contribution in [0.5, 0.6) is 5.75 Å². The average Bonchev–Trinajstić information content (AvgIpc) is 2.55. The minimum absolute atomic E-state index is 0.0994. The number of carbonyl (C=O) groups is 2. The largest absolute Gasteiger partial charge is 0.490 e. The molecule has 0 aliphatic heterocycles. The molecule has 0 unspecified atom stereocenters. The van der Waals surface area contributed by atoms with Gasteiger partial charge in [0.1, 0.15) is 12.4 Å². The van der Waals surface area contributed by atoms with E-state index < -0.39 is 5.97 Å². The fourth-order valence-electron chi connectivity index (χ4n) is 2.16. The molecule has 0 aromatic heterocycles. The van der Waals surface area contributed by atoms with Crippen molar-refractivity contribution in [2.75, 3.05) is 19.8 Å². The Labute approximate surface area is 136 Å². The zero-order valence-corrected chi connectivity index (χ0v) is 13.3. The van der Waals surface area contributed by atoms with E-state index in [0.29, 0.717) is 24.3 Å². The van der Waals surface area contributed by atoms with E-state index >= 15 is 0 Å². The topological polar surface area (TPSA) is 95.9 Å². The number of nitrogens with one attached hydrogen (secondary N) is 1. The zero-order valence-electron chi connectivity index (χ0n) is 13.3. The van der Waals surface area contributed by atoms with Gasteiger partial charge in [-0.1, -0.05) is 31.4 Å². The Morgan fingerprint density at radius 3 is 2.48 bits per heavy atom. The Balaban J connectivity index is 2.22. The van der Waals surface area contributed by atoms with E-state index in [1.165, 1.54) is 0 Å². The molecule has 0 fully saturated rings. The van der Waals surface area contributed by atoms with E-state index in [4.69, 9.17) is 14.9 Å². The van der Waals surface area contributed by atoms with Gasteiger partial charge in [-0.2, -0.15) is 0 Å². The molecule has 1 aromatic carbocycles. The molecule has 0 radical (unpaired) electrons. The van der Waals surface area contributed by atoms with Crippen LogP contribution in [0.1, 0.15) is 48.9 Å². The molecule has 0 heterocycles. The molecule has 1 rings (SSSR count). The second-order valence-electron chi connectivity index (χ2n) is 5.24. The van der Waals surface area contributed by atoms with Crippen molar-refractivity contribution >= 4 is 11.9 Å². The summed E-state index contributed by atoms with van der Waals surface area (Å²) in [6.45, 7) is 0.630. The van der Waals surface area contributed by atoms with Gasteiger partial charge in [0.05, 0.1) is 12.2 Å². The van der Waals surface area contributed by atoms with Gasteiger partial charge in [-0.25, -0.2) is 0 Å². The first-order chi connectivity index (χ1) is 11.1. The monoisotopic (exact) mass is 323 g/mol. The summed E-state index contributed by atoms with van der Waals surface area (Å²) >= 11 is 0. The number of amides is 1. The summed E-state index contributed by atoms with van der Waals surface area (Å²) in [6.07, 6.45) is 4.62. The molecule has 1 amide bonds. The number of ether oxygens (including phenoxy) is 1. The predicted octanol–water partition coefficient (Wildman–Crippen LogP) is 2.21. The second-order valence-corrected chi connectivity index (χ2v) is 5.24. The van der Waals surface area contributed by atoms with E-state index in [-0.39, 0.29) is 25.5 Å². The number of hydrogen-bond acceptors (Lipinski definition) is 4.